The number of rotatable bonds is 4. The second-order valence-corrected chi connectivity index (χ2v) is 10.5. The molecule has 0 N–H and O–H groups in total. The molecule has 2 aromatic heterocycles. The molecule has 0 radical (unpaired) electrons. The van der Waals surface area contributed by atoms with Gasteiger partial charge in [-0.3, -0.25) is 4.90 Å². The fourth-order valence-electron chi connectivity index (χ4n) is 6.31. The summed E-state index contributed by atoms with van der Waals surface area (Å²) in [6, 6.07) is 7.82. The highest BCUT2D eigenvalue weighted by atomic mass is 16.5. The second kappa shape index (κ2) is 8.00. The van der Waals surface area contributed by atoms with Crippen LogP contribution >= 0.6 is 0 Å². The first-order valence-electron chi connectivity index (χ1n) is 12.7. The molecule has 4 saturated heterocycles. The Hall–Kier alpha value is -2.55. The van der Waals surface area contributed by atoms with Gasteiger partial charge in [-0.1, -0.05) is 0 Å². The van der Waals surface area contributed by atoms with Crippen molar-refractivity contribution >= 4 is 16.7 Å². The topological polar surface area (TPSA) is 68.5 Å². The summed E-state index contributed by atoms with van der Waals surface area (Å²) in [4.78, 5) is 14.5. The van der Waals surface area contributed by atoms with Gasteiger partial charge < -0.3 is 14.4 Å². The molecule has 4 fully saturated rings. The van der Waals surface area contributed by atoms with E-state index in [2.05, 4.69) is 34.9 Å². The molecule has 0 aliphatic carbocycles. The lowest BCUT2D eigenvalue weighted by molar-refractivity contribution is -0.0712. The zero-order valence-corrected chi connectivity index (χ0v) is 20.0. The Balaban J connectivity index is 1.21. The van der Waals surface area contributed by atoms with Gasteiger partial charge in [0.1, 0.15) is 11.6 Å². The van der Waals surface area contributed by atoms with E-state index in [9.17, 15) is 0 Å². The van der Waals surface area contributed by atoms with Crippen LogP contribution in [0.1, 0.15) is 42.1 Å². The quantitative estimate of drug-likeness (QED) is 0.593. The van der Waals surface area contributed by atoms with Crippen LogP contribution in [-0.2, 0) is 9.47 Å². The van der Waals surface area contributed by atoms with Crippen molar-refractivity contribution in [3.05, 3.63) is 41.3 Å². The Morgan fingerprint density at radius 3 is 2.47 bits per heavy atom. The van der Waals surface area contributed by atoms with Crippen LogP contribution in [0.25, 0.3) is 16.7 Å². The number of fused-ring (bicyclic) bond motifs is 3. The van der Waals surface area contributed by atoms with Crippen LogP contribution in [0.2, 0.25) is 0 Å². The van der Waals surface area contributed by atoms with Crippen LogP contribution in [0.3, 0.4) is 0 Å². The highest BCUT2D eigenvalue weighted by Gasteiger charge is 2.40. The van der Waals surface area contributed by atoms with Crippen LogP contribution in [0.4, 0.5) is 5.82 Å². The summed E-state index contributed by atoms with van der Waals surface area (Å²) >= 11 is 0. The SMILES string of the molecule is Cc1nc(N2CC3CC2CO3)cc(-n2ncc3cc(C)c(C4CCN(C5COC5)CC4)cc32)n1. The monoisotopic (exact) mass is 460 g/mol. The van der Waals surface area contributed by atoms with Crippen molar-refractivity contribution in [1.29, 1.82) is 0 Å². The highest BCUT2D eigenvalue weighted by Crippen LogP contribution is 2.35. The summed E-state index contributed by atoms with van der Waals surface area (Å²) in [6.45, 7) is 10.0. The number of nitrogens with zero attached hydrogens (tertiary/aromatic N) is 6. The van der Waals surface area contributed by atoms with Gasteiger partial charge in [-0.15, -0.1) is 0 Å². The molecular weight excluding hydrogens is 428 g/mol. The molecule has 2 unspecified atom stereocenters. The lowest BCUT2D eigenvalue weighted by Crippen LogP contribution is -2.51. The van der Waals surface area contributed by atoms with Crippen molar-refractivity contribution in [1.82, 2.24) is 24.6 Å². The van der Waals surface area contributed by atoms with Gasteiger partial charge in [0, 0.05) is 18.0 Å². The predicted octanol–water partition coefficient (Wildman–Crippen LogP) is 2.99. The molecule has 0 spiro atoms. The first-order chi connectivity index (χ1) is 16.6. The molecule has 4 aliphatic heterocycles. The maximum absolute atomic E-state index is 5.79. The van der Waals surface area contributed by atoms with Crippen molar-refractivity contribution in [2.24, 2.45) is 0 Å². The molecule has 8 nitrogen and oxygen atoms in total. The number of morpholine rings is 1. The number of piperidine rings is 1. The molecular formula is C26H32N6O2. The maximum atomic E-state index is 5.79. The molecule has 34 heavy (non-hydrogen) atoms. The van der Waals surface area contributed by atoms with Crippen molar-refractivity contribution < 1.29 is 9.47 Å². The summed E-state index contributed by atoms with van der Waals surface area (Å²) in [7, 11) is 0. The molecule has 7 rings (SSSR count). The number of ether oxygens (including phenoxy) is 2. The number of likely N-dealkylation sites (tertiary alicyclic amines) is 1. The minimum atomic E-state index is 0.336. The number of hydrogen-bond acceptors (Lipinski definition) is 7. The fraction of sp³-hybridized carbons (Fsp3) is 0.577. The fourth-order valence-corrected chi connectivity index (χ4v) is 6.31. The molecule has 2 bridgehead atoms. The number of aromatic nitrogens is 4. The molecule has 0 amide bonds. The third-order valence-corrected chi connectivity index (χ3v) is 8.28. The number of aryl methyl sites for hydroxylation is 2. The Bertz CT molecular complexity index is 1230. The van der Waals surface area contributed by atoms with Crippen LogP contribution in [0.5, 0.6) is 0 Å². The van der Waals surface area contributed by atoms with E-state index in [1.54, 1.807) is 0 Å². The predicted molar refractivity (Wildman–Crippen MR) is 130 cm³/mol. The first-order valence-corrected chi connectivity index (χ1v) is 12.7. The van der Waals surface area contributed by atoms with E-state index in [-0.39, 0.29) is 0 Å². The summed E-state index contributed by atoms with van der Waals surface area (Å²) in [5.41, 5.74) is 3.95. The van der Waals surface area contributed by atoms with E-state index in [0.29, 0.717) is 24.1 Å². The van der Waals surface area contributed by atoms with Gasteiger partial charge in [0.2, 0.25) is 0 Å². The average molecular weight is 461 g/mol. The zero-order valence-electron chi connectivity index (χ0n) is 20.0. The first kappa shape index (κ1) is 20.8. The number of hydrogen-bond donors (Lipinski definition) is 0. The third-order valence-electron chi connectivity index (χ3n) is 8.28. The smallest absolute Gasteiger partial charge is 0.159 e. The molecule has 3 aromatic rings. The van der Waals surface area contributed by atoms with E-state index >= 15 is 0 Å². The lowest BCUT2D eigenvalue weighted by Gasteiger charge is -2.41. The van der Waals surface area contributed by atoms with Gasteiger partial charge in [-0.2, -0.15) is 5.10 Å². The van der Waals surface area contributed by atoms with E-state index in [4.69, 9.17) is 24.5 Å². The van der Waals surface area contributed by atoms with Crippen LogP contribution in [0, 0.1) is 13.8 Å². The Morgan fingerprint density at radius 1 is 0.941 bits per heavy atom. The molecule has 6 heterocycles. The molecule has 178 valence electrons. The third kappa shape index (κ3) is 3.42. The molecule has 2 atom stereocenters. The minimum Gasteiger partial charge on any atom is -0.378 e. The Morgan fingerprint density at radius 2 is 1.76 bits per heavy atom. The van der Waals surface area contributed by atoms with E-state index in [0.717, 1.165) is 74.2 Å². The van der Waals surface area contributed by atoms with Gasteiger partial charge in [-0.05, 0) is 75.4 Å². The van der Waals surface area contributed by atoms with Crippen LogP contribution < -0.4 is 4.90 Å². The van der Waals surface area contributed by atoms with E-state index < -0.39 is 0 Å². The van der Waals surface area contributed by atoms with Crippen LogP contribution in [-0.4, -0.2) is 82.3 Å². The van der Waals surface area contributed by atoms with E-state index in [1.807, 2.05) is 17.8 Å². The summed E-state index contributed by atoms with van der Waals surface area (Å²) in [5, 5.41) is 5.93. The second-order valence-electron chi connectivity index (χ2n) is 10.5. The van der Waals surface area contributed by atoms with Gasteiger partial charge in [-0.25, -0.2) is 14.6 Å². The number of anilines is 1. The van der Waals surface area contributed by atoms with E-state index in [1.165, 1.54) is 24.0 Å². The normalized spacial score (nSPS) is 26.0. The summed E-state index contributed by atoms with van der Waals surface area (Å²) < 4.78 is 13.2. The minimum absolute atomic E-state index is 0.336. The summed E-state index contributed by atoms with van der Waals surface area (Å²) in [5.74, 6) is 3.20. The van der Waals surface area contributed by atoms with Gasteiger partial charge in [0.05, 0.1) is 49.7 Å². The molecule has 8 heteroatoms. The van der Waals surface area contributed by atoms with Gasteiger partial charge in [0.25, 0.3) is 0 Å². The maximum Gasteiger partial charge on any atom is 0.159 e. The van der Waals surface area contributed by atoms with Crippen molar-refractivity contribution in [3.63, 3.8) is 0 Å². The molecule has 4 aliphatic rings. The highest BCUT2D eigenvalue weighted by molar-refractivity contribution is 5.82. The summed E-state index contributed by atoms with van der Waals surface area (Å²) in [6.07, 6.45) is 5.80. The zero-order chi connectivity index (χ0) is 22.8. The van der Waals surface area contributed by atoms with Crippen molar-refractivity contribution in [2.45, 2.75) is 57.2 Å². The lowest BCUT2D eigenvalue weighted by atomic mass is 9.85. The van der Waals surface area contributed by atoms with Gasteiger partial charge >= 0.3 is 0 Å². The number of benzene rings is 1. The Kier molecular flexibility index (Phi) is 4.89. The van der Waals surface area contributed by atoms with Crippen LogP contribution in [0.15, 0.2) is 24.4 Å². The Labute approximate surface area is 199 Å². The van der Waals surface area contributed by atoms with Crippen molar-refractivity contribution in [2.75, 3.05) is 44.4 Å². The van der Waals surface area contributed by atoms with Gasteiger partial charge in [0.15, 0.2) is 5.82 Å². The molecule has 1 aromatic carbocycles. The largest absolute Gasteiger partial charge is 0.378 e. The van der Waals surface area contributed by atoms with Crippen molar-refractivity contribution in [3.8, 4) is 5.82 Å². The molecule has 0 saturated carbocycles. The standard InChI is InChI=1S/C26H32N6O2/c1-16-7-19-11-27-32(24(19)9-23(16)18-3-5-30(6-4-18)21-13-33-14-21)26-10-25(28-17(2)29-26)31-12-22-8-20(31)15-34-22/h7,9-11,18,20-22H,3-6,8,12-15H2,1-2H3. The average Bonchev–Trinajstić information content (AvgIpc) is 3.53.